The topological polar surface area (TPSA) is 85.2 Å². The number of hydrogen-bond acceptors (Lipinski definition) is 6. The Kier molecular flexibility index (Phi) is 7.59. The summed E-state index contributed by atoms with van der Waals surface area (Å²) in [6, 6.07) is 15.0. The first-order valence-corrected chi connectivity index (χ1v) is 12.4. The van der Waals surface area contributed by atoms with Gasteiger partial charge < -0.3 is 19.3 Å². The van der Waals surface area contributed by atoms with Crippen LogP contribution in [0.3, 0.4) is 0 Å². The van der Waals surface area contributed by atoms with Gasteiger partial charge in [-0.25, -0.2) is 0 Å². The number of nitro benzene ring substituents is 1. The van der Waals surface area contributed by atoms with Gasteiger partial charge in [-0.3, -0.25) is 14.9 Å². The van der Waals surface area contributed by atoms with E-state index in [1.165, 1.54) is 6.07 Å². The maximum atomic E-state index is 13.7. The summed E-state index contributed by atoms with van der Waals surface area (Å²) in [5.74, 6) is 0.853. The van der Waals surface area contributed by atoms with Crippen molar-refractivity contribution in [1.29, 1.82) is 0 Å². The molecule has 0 saturated carbocycles. The largest absolute Gasteiger partial charge is 0.493 e. The minimum Gasteiger partial charge on any atom is -0.493 e. The number of halogens is 1. The molecule has 1 amide bonds. The van der Waals surface area contributed by atoms with Crippen molar-refractivity contribution >= 4 is 34.6 Å². The number of benzene rings is 3. The van der Waals surface area contributed by atoms with E-state index in [0.29, 0.717) is 22.7 Å². The first-order chi connectivity index (χ1) is 17.6. The molecule has 8 nitrogen and oxygen atoms in total. The maximum absolute atomic E-state index is 13.7. The minimum absolute atomic E-state index is 0.0739. The number of methoxy groups -OCH3 is 1. The van der Waals surface area contributed by atoms with Gasteiger partial charge in [0.2, 0.25) is 5.91 Å². The van der Waals surface area contributed by atoms with Crippen LogP contribution in [0.4, 0.5) is 17.1 Å². The van der Waals surface area contributed by atoms with E-state index in [1.54, 1.807) is 30.2 Å². The molecule has 0 fully saturated rings. The van der Waals surface area contributed by atoms with Crippen LogP contribution in [-0.4, -0.2) is 38.1 Å². The van der Waals surface area contributed by atoms with Crippen LogP contribution in [0, 0.1) is 10.1 Å². The Morgan fingerprint density at radius 3 is 2.41 bits per heavy atom. The third-order valence-electron chi connectivity index (χ3n) is 6.62. The normalized spacial score (nSPS) is 15.7. The summed E-state index contributed by atoms with van der Waals surface area (Å²) in [7, 11) is 5.42. The number of carbonyl (C=O) groups is 1. The van der Waals surface area contributed by atoms with Gasteiger partial charge in [-0.15, -0.1) is 0 Å². The first kappa shape index (κ1) is 26.3. The van der Waals surface area contributed by atoms with Crippen LogP contribution in [0.1, 0.15) is 43.0 Å². The van der Waals surface area contributed by atoms with E-state index in [9.17, 15) is 14.9 Å². The summed E-state index contributed by atoms with van der Waals surface area (Å²) >= 11 is 6.14. The molecule has 0 aromatic heterocycles. The second-order valence-electron chi connectivity index (χ2n) is 9.25. The van der Waals surface area contributed by atoms with Gasteiger partial charge in [0.15, 0.2) is 11.5 Å². The summed E-state index contributed by atoms with van der Waals surface area (Å²) in [5, 5.41) is 12.4. The zero-order chi connectivity index (χ0) is 26.9. The number of nitro groups is 1. The fourth-order valence-corrected chi connectivity index (χ4v) is 4.69. The van der Waals surface area contributed by atoms with E-state index < -0.39 is 11.0 Å². The summed E-state index contributed by atoms with van der Waals surface area (Å²) < 4.78 is 11.7. The molecule has 3 aromatic rings. The Bertz CT molecular complexity index is 1330. The lowest BCUT2D eigenvalue weighted by atomic mass is 9.86. The predicted octanol–water partition coefficient (Wildman–Crippen LogP) is 6.18. The Morgan fingerprint density at radius 1 is 1.11 bits per heavy atom. The van der Waals surface area contributed by atoms with Gasteiger partial charge in [0.05, 0.1) is 36.2 Å². The van der Waals surface area contributed by atoms with E-state index >= 15 is 0 Å². The molecule has 4 rings (SSSR count). The molecule has 0 saturated heterocycles. The third kappa shape index (κ3) is 5.20. The van der Waals surface area contributed by atoms with Crippen LogP contribution in [0.2, 0.25) is 5.02 Å². The van der Waals surface area contributed by atoms with Crippen LogP contribution in [0.15, 0.2) is 54.6 Å². The standard InChI is InChI=1S/C28H30ClN3O5/c1-6-17(2)37-26-16-23-18(13-25(26)36-5)14-27(33)31(21-10-8-20(9-11-21)30(3)4)28(23)22-12-7-19(29)15-24(22)32(34)35/h7-13,15-17,28H,6,14H2,1-5H3/t17-,28?/m1/s1. The summed E-state index contributed by atoms with van der Waals surface area (Å²) in [5.41, 5.74) is 3.27. The van der Waals surface area contributed by atoms with Gasteiger partial charge in [-0.05, 0) is 73.0 Å². The number of ether oxygens (including phenoxy) is 2. The third-order valence-corrected chi connectivity index (χ3v) is 6.85. The molecule has 1 heterocycles. The Labute approximate surface area is 221 Å². The molecule has 1 aliphatic heterocycles. The molecule has 2 atom stereocenters. The lowest BCUT2D eigenvalue weighted by Crippen LogP contribution is -2.41. The number of carbonyl (C=O) groups excluding carboxylic acids is 1. The van der Waals surface area contributed by atoms with Gasteiger partial charge in [-0.1, -0.05) is 18.5 Å². The van der Waals surface area contributed by atoms with Crippen LogP contribution in [0.25, 0.3) is 0 Å². The number of amides is 1. The van der Waals surface area contributed by atoms with Crippen molar-refractivity contribution in [3.63, 3.8) is 0 Å². The van der Waals surface area contributed by atoms with Crippen molar-refractivity contribution in [1.82, 2.24) is 0 Å². The van der Waals surface area contributed by atoms with Crippen LogP contribution in [-0.2, 0) is 11.2 Å². The van der Waals surface area contributed by atoms with Crippen molar-refractivity contribution in [3.8, 4) is 11.5 Å². The van der Waals surface area contributed by atoms with Crippen LogP contribution in [0.5, 0.6) is 11.5 Å². The number of fused-ring (bicyclic) bond motifs is 1. The molecule has 0 radical (unpaired) electrons. The number of nitrogens with zero attached hydrogens (tertiary/aromatic N) is 3. The van der Waals surface area contributed by atoms with Crippen molar-refractivity contribution < 1.29 is 19.2 Å². The quantitative estimate of drug-likeness (QED) is 0.259. The maximum Gasteiger partial charge on any atom is 0.276 e. The number of rotatable bonds is 8. The lowest BCUT2D eigenvalue weighted by molar-refractivity contribution is -0.385. The van der Waals surface area contributed by atoms with Gasteiger partial charge in [0.25, 0.3) is 5.69 Å². The minimum atomic E-state index is -0.774. The molecule has 0 bridgehead atoms. The summed E-state index contributed by atoms with van der Waals surface area (Å²) in [6.45, 7) is 3.98. The van der Waals surface area contributed by atoms with Crippen LogP contribution < -0.4 is 19.3 Å². The van der Waals surface area contributed by atoms with Gasteiger partial charge in [0, 0.05) is 36.6 Å². The van der Waals surface area contributed by atoms with E-state index in [0.717, 1.165) is 23.2 Å². The predicted molar refractivity (Wildman–Crippen MR) is 145 cm³/mol. The van der Waals surface area contributed by atoms with E-state index in [2.05, 4.69) is 0 Å². The molecule has 3 aromatic carbocycles. The van der Waals surface area contributed by atoms with Gasteiger partial charge >= 0.3 is 0 Å². The highest BCUT2D eigenvalue weighted by Crippen LogP contribution is 2.46. The van der Waals surface area contributed by atoms with E-state index in [-0.39, 0.29) is 29.1 Å². The Hall–Kier alpha value is -3.78. The van der Waals surface area contributed by atoms with Gasteiger partial charge in [-0.2, -0.15) is 0 Å². The smallest absolute Gasteiger partial charge is 0.276 e. The fraction of sp³-hybridized carbons (Fsp3) is 0.321. The molecule has 194 valence electrons. The van der Waals surface area contributed by atoms with E-state index in [1.807, 2.05) is 63.2 Å². The molecular formula is C28H30ClN3O5. The Balaban J connectivity index is 1.97. The molecule has 1 aliphatic rings. The second-order valence-corrected chi connectivity index (χ2v) is 9.69. The zero-order valence-corrected chi connectivity index (χ0v) is 22.3. The van der Waals surface area contributed by atoms with Crippen molar-refractivity contribution in [2.75, 3.05) is 31.0 Å². The fourth-order valence-electron chi connectivity index (χ4n) is 4.53. The van der Waals surface area contributed by atoms with Crippen molar-refractivity contribution in [2.45, 2.75) is 38.8 Å². The summed E-state index contributed by atoms with van der Waals surface area (Å²) in [4.78, 5) is 28.9. The first-order valence-electron chi connectivity index (χ1n) is 12.0. The average Bonchev–Trinajstić information content (AvgIpc) is 2.87. The highest BCUT2D eigenvalue weighted by atomic mass is 35.5. The zero-order valence-electron chi connectivity index (χ0n) is 21.5. The van der Waals surface area contributed by atoms with Crippen molar-refractivity contribution in [3.05, 3.63) is 86.4 Å². The molecule has 0 N–H and O–H groups in total. The lowest BCUT2D eigenvalue weighted by Gasteiger charge is -2.38. The monoisotopic (exact) mass is 523 g/mol. The Morgan fingerprint density at radius 2 is 1.81 bits per heavy atom. The van der Waals surface area contributed by atoms with Crippen LogP contribution >= 0.6 is 11.6 Å². The number of hydrogen-bond donors (Lipinski definition) is 0. The molecule has 0 spiro atoms. The van der Waals surface area contributed by atoms with Gasteiger partial charge in [0.1, 0.15) is 0 Å². The van der Waals surface area contributed by atoms with E-state index in [4.69, 9.17) is 21.1 Å². The second kappa shape index (κ2) is 10.7. The molecule has 37 heavy (non-hydrogen) atoms. The highest BCUT2D eigenvalue weighted by molar-refractivity contribution is 6.30. The number of anilines is 2. The average molecular weight is 524 g/mol. The summed E-state index contributed by atoms with van der Waals surface area (Å²) in [6.07, 6.45) is 0.827. The highest BCUT2D eigenvalue weighted by Gasteiger charge is 2.39. The molecular weight excluding hydrogens is 494 g/mol. The molecule has 0 aliphatic carbocycles. The molecule has 1 unspecified atom stereocenters. The van der Waals surface area contributed by atoms with Crippen molar-refractivity contribution in [2.24, 2.45) is 0 Å². The SMILES string of the molecule is CC[C@@H](C)Oc1cc2c(cc1OC)CC(=O)N(c1ccc(N(C)C)cc1)C2c1ccc(Cl)cc1[N+](=O)[O-]. The molecule has 9 heteroatoms.